The summed E-state index contributed by atoms with van der Waals surface area (Å²) in [6.07, 6.45) is -1.83. The Kier molecular flexibility index (Phi) is 3.65. The van der Waals surface area contributed by atoms with Gasteiger partial charge in [0.05, 0.1) is 19.0 Å². The molecule has 0 aliphatic rings. The number of para-hydroxylation sites is 1. The number of carbonyl (C=O) groups is 1. The number of carboxylic acids is 1. The van der Waals surface area contributed by atoms with Crippen LogP contribution < -0.4 is 4.74 Å². The summed E-state index contributed by atoms with van der Waals surface area (Å²) >= 11 is 0. The first-order chi connectivity index (χ1) is 11.0. The number of rotatable bonds is 4. The predicted octanol–water partition coefficient (Wildman–Crippen LogP) is 3.04. The van der Waals surface area contributed by atoms with E-state index in [9.17, 15) is 13.6 Å². The van der Waals surface area contributed by atoms with Gasteiger partial charge in [-0.25, -0.2) is 23.1 Å². The molecule has 1 N–H and O–H groups in total. The monoisotopic (exact) mass is 319 g/mol. The Morgan fingerprint density at radius 1 is 1.35 bits per heavy atom. The standard InChI is InChI=1S/C15H11F2N3O3/c1-23-12-5-3-2-4-8(12)10-6-11(13(16)17)20-14(19-10)9(7-18-20)15(21)22/h2-7,13H,1H3,(H,21,22). The summed E-state index contributed by atoms with van der Waals surface area (Å²) in [5.74, 6) is -0.842. The number of alkyl halides is 2. The Morgan fingerprint density at radius 2 is 2.09 bits per heavy atom. The third kappa shape index (κ3) is 2.48. The van der Waals surface area contributed by atoms with Gasteiger partial charge in [-0.05, 0) is 18.2 Å². The average molecular weight is 319 g/mol. The van der Waals surface area contributed by atoms with Gasteiger partial charge in [-0.3, -0.25) is 0 Å². The molecule has 0 aliphatic heterocycles. The third-order valence-electron chi connectivity index (χ3n) is 3.34. The summed E-state index contributed by atoms with van der Waals surface area (Å²) in [6.45, 7) is 0. The van der Waals surface area contributed by atoms with E-state index >= 15 is 0 Å². The van der Waals surface area contributed by atoms with Crippen molar-refractivity contribution in [3.8, 4) is 17.0 Å². The molecular formula is C15H11F2N3O3. The van der Waals surface area contributed by atoms with Crippen LogP contribution in [-0.4, -0.2) is 32.8 Å². The Morgan fingerprint density at radius 3 is 2.74 bits per heavy atom. The molecule has 0 saturated heterocycles. The smallest absolute Gasteiger partial charge is 0.341 e. The zero-order valence-electron chi connectivity index (χ0n) is 11.9. The van der Waals surface area contributed by atoms with Crippen molar-refractivity contribution in [1.82, 2.24) is 14.6 Å². The highest BCUT2D eigenvalue weighted by Crippen LogP contribution is 2.31. The quantitative estimate of drug-likeness (QED) is 0.800. The molecule has 3 rings (SSSR count). The molecular weight excluding hydrogens is 308 g/mol. The first-order valence-corrected chi connectivity index (χ1v) is 6.56. The first-order valence-electron chi connectivity index (χ1n) is 6.56. The summed E-state index contributed by atoms with van der Waals surface area (Å²) in [6, 6.07) is 7.94. The Bertz CT molecular complexity index is 893. The molecule has 8 heteroatoms. The molecule has 0 fully saturated rings. The van der Waals surface area contributed by atoms with Crippen LogP contribution in [0.15, 0.2) is 36.5 Å². The molecule has 23 heavy (non-hydrogen) atoms. The Hall–Kier alpha value is -3.03. The van der Waals surface area contributed by atoms with E-state index in [1.165, 1.54) is 13.2 Å². The van der Waals surface area contributed by atoms with Crippen molar-refractivity contribution in [2.45, 2.75) is 6.43 Å². The zero-order chi connectivity index (χ0) is 16.6. The van der Waals surface area contributed by atoms with E-state index in [4.69, 9.17) is 9.84 Å². The lowest BCUT2D eigenvalue weighted by atomic mass is 10.1. The topological polar surface area (TPSA) is 76.7 Å². The summed E-state index contributed by atoms with van der Waals surface area (Å²) in [5, 5.41) is 12.9. The second kappa shape index (κ2) is 5.64. The summed E-state index contributed by atoms with van der Waals surface area (Å²) in [4.78, 5) is 15.4. The van der Waals surface area contributed by atoms with E-state index in [1.807, 2.05) is 0 Å². The Balaban J connectivity index is 2.33. The van der Waals surface area contributed by atoms with Crippen molar-refractivity contribution < 1.29 is 23.4 Å². The van der Waals surface area contributed by atoms with Crippen LogP contribution in [0.1, 0.15) is 22.5 Å². The molecule has 6 nitrogen and oxygen atoms in total. The SMILES string of the molecule is COc1ccccc1-c1cc(C(F)F)n2ncc(C(=O)O)c2n1. The lowest BCUT2D eigenvalue weighted by Gasteiger charge is -2.10. The molecule has 2 heterocycles. The van der Waals surface area contributed by atoms with Crippen LogP contribution in [0.2, 0.25) is 0 Å². The number of aromatic carboxylic acids is 1. The molecule has 0 atom stereocenters. The molecule has 0 amide bonds. The number of fused-ring (bicyclic) bond motifs is 1. The number of benzene rings is 1. The molecule has 0 spiro atoms. The molecule has 0 radical (unpaired) electrons. The van der Waals surface area contributed by atoms with Gasteiger partial charge in [0.25, 0.3) is 6.43 Å². The van der Waals surface area contributed by atoms with Gasteiger partial charge in [0.15, 0.2) is 5.65 Å². The summed E-state index contributed by atoms with van der Waals surface area (Å²) < 4.78 is 32.7. The molecule has 3 aromatic rings. The maximum absolute atomic E-state index is 13.3. The molecule has 0 aliphatic carbocycles. The van der Waals surface area contributed by atoms with Gasteiger partial charge < -0.3 is 9.84 Å². The second-order valence-corrected chi connectivity index (χ2v) is 4.67. The zero-order valence-corrected chi connectivity index (χ0v) is 11.9. The van der Waals surface area contributed by atoms with Crippen molar-refractivity contribution in [2.24, 2.45) is 0 Å². The molecule has 0 bridgehead atoms. The van der Waals surface area contributed by atoms with Gasteiger partial charge in [-0.2, -0.15) is 5.10 Å². The van der Waals surface area contributed by atoms with E-state index in [2.05, 4.69) is 10.1 Å². The van der Waals surface area contributed by atoms with Crippen LogP contribution in [-0.2, 0) is 0 Å². The van der Waals surface area contributed by atoms with Crippen LogP contribution in [0, 0.1) is 0 Å². The Labute approximate surface area is 129 Å². The largest absolute Gasteiger partial charge is 0.496 e. The van der Waals surface area contributed by atoms with E-state index in [1.54, 1.807) is 24.3 Å². The van der Waals surface area contributed by atoms with Crippen LogP contribution in [0.4, 0.5) is 8.78 Å². The van der Waals surface area contributed by atoms with Gasteiger partial charge in [-0.15, -0.1) is 0 Å². The number of ether oxygens (including phenoxy) is 1. The van der Waals surface area contributed by atoms with Gasteiger partial charge in [0, 0.05) is 5.56 Å². The number of halogens is 2. The van der Waals surface area contributed by atoms with E-state index in [-0.39, 0.29) is 16.9 Å². The highest BCUT2D eigenvalue weighted by atomic mass is 19.3. The highest BCUT2D eigenvalue weighted by Gasteiger charge is 2.21. The number of carboxylic acid groups (broad SMARTS) is 1. The normalized spacial score (nSPS) is 11.1. The van der Waals surface area contributed by atoms with Crippen molar-refractivity contribution in [3.63, 3.8) is 0 Å². The predicted molar refractivity (Wildman–Crippen MR) is 76.9 cm³/mol. The minimum absolute atomic E-state index is 0.142. The van der Waals surface area contributed by atoms with Gasteiger partial charge in [-0.1, -0.05) is 12.1 Å². The molecule has 0 saturated carbocycles. The van der Waals surface area contributed by atoms with E-state index in [0.29, 0.717) is 11.3 Å². The third-order valence-corrected chi connectivity index (χ3v) is 3.34. The number of aromatic nitrogens is 3. The van der Waals surface area contributed by atoms with Gasteiger partial charge in [0.2, 0.25) is 0 Å². The summed E-state index contributed by atoms with van der Waals surface area (Å²) in [5.41, 5.74) is -0.159. The number of hydrogen-bond donors (Lipinski definition) is 1. The fourth-order valence-corrected chi connectivity index (χ4v) is 2.29. The van der Waals surface area contributed by atoms with Crippen LogP contribution in [0.5, 0.6) is 5.75 Å². The number of nitrogens with zero attached hydrogens (tertiary/aromatic N) is 3. The van der Waals surface area contributed by atoms with Crippen molar-refractivity contribution >= 4 is 11.6 Å². The minimum Gasteiger partial charge on any atom is -0.496 e. The maximum Gasteiger partial charge on any atom is 0.341 e. The second-order valence-electron chi connectivity index (χ2n) is 4.67. The lowest BCUT2D eigenvalue weighted by molar-refractivity contribution is 0.0698. The summed E-state index contributed by atoms with van der Waals surface area (Å²) in [7, 11) is 1.45. The fourth-order valence-electron chi connectivity index (χ4n) is 2.29. The highest BCUT2D eigenvalue weighted by molar-refractivity contribution is 5.94. The minimum atomic E-state index is -2.84. The lowest BCUT2D eigenvalue weighted by Crippen LogP contribution is -2.05. The molecule has 118 valence electrons. The van der Waals surface area contributed by atoms with Crippen LogP contribution in [0.3, 0.4) is 0 Å². The van der Waals surface area contributed by atoms with Crippen LogP contribution >= 0.6 is 0 Å². The van der Waals surface area contributed by atoms with Crippen molar-refractivity contribution in [2.75, 3.05) is 7.11 Å². The fraction of sp³-hybridized carbons (Fsp3) is 0.133. The molecule has 0 unspecified atom stereocenters. The van der Waals surface area contributed by atoms with Gasteiger partial charge in [0.1, 0.15) is 17.0 Å². The van der Waals surface area contributed by atoms with Crippen molar-refractivity contribution in [1.29, 1.82) is 0 Å². The average Bonchev–Trinajstić information content (AvgIpc) is 2.97. The van der Waals surface area contributed by atoms with E-state index < -0.39 is 18.1 Å². The molecule has 1 aromatic carbocycles. The molecule has 2 aromatic heterocycles. The number of methoxy groups -OCH3 is 1. The van der Waals surface area contributed by atoms with Crippen molar-refractivity contribution in [3.05, 3.63) is 47.8 Å². The first kappa shape index (κ1) is 14.9. The maximum atomic E-state index is 13.3. The van der Waals surface area contributed by atoms with Gasteiger partial charge >= 0.3 is 5.97 Å². The van der Waals surface area contributed by atoms with Crippen LogP contribution in [0.25, 0.3) is 16.9 Å². The number of hydrogen-bond acceptors (Lipinski definition) is 4. The van der Waals surface area contributed by atoms with E-state index in [0.717, 1.165) is 10.7 Å².